The minimum atomic E-state index is -1.06. The number of anilines is 1. The van der Waals surface area contributed by atoms with E-state index in [0.717, 1.165) is 15.8 Å². The molecule has 0 radical (unpaired) electrons. The molecule has 0 aromatic heterocycles. The molecule has 3 rings (SSSR count). The monoisotopic (exact) mass is 400 g/mol. The zero-order valence-electron chi connectivity index (χ0n) is 10.3. The Bertz CT molecular complexity index is 641. The lowest BCUT2D eigenvalue weighted by Gasteiger charge is -2.44. The van der Waals surface area contributed by atoms with Crippen molar-refractivity contribution in [2.75, 3.05) is 4.90 Å². The van der Waals surface area contributed by atoms with Crippen LogP contribution in [0.25, 0.3) is 0 Å². The number of rotatable bonds is 1. The lowest BCUT2D eigenvalue weighted by molar-refractivity contribution is -0.148. The summed E-state index contributed by atoms with van der Waals surface area (Å²) in [6.07, 6.45) is 1.81. The molecule has 0 atom stereocenters. The van der Waals surface area contributed by atoms with Crippen LogP contribution in [0, 0.1) is 5.41 Å². The molecule has 20 heavy (non-hydrogen) atoms. The van der Waals surface area contributed by atoms with Crippen LogP contribution in [0.5, 0.6) is 0 Å². The first kappa shape index (κ1) is 13.8. The van der Waals surface area contributed by atoms with Gasteiger partial charge in [0.2, 0.25) is 5.91 Å². The molecule has 1 aromatic carbocycles. The van der Waals surface area contributed by atoms with Gasteiger partial charge in [-0.2, -0.15) is 0 Å². The summed E-state index contributed by atoms with van der Waals surface area (Å²) >= 11 is 6.66. The average Bonchev–Trinajstić information content (AvgIpc) is 2.29. The molecule has 0 unspecified atom stereocenters. The van der Waals surface area contributed by atoms with Crippen molar-refractivity contribution in [3.63, 3.8) is 0 Å². The van der Waals surface area contributed by atoms with Crippen molar-refractivity contribution in [3.05, 3.63) is 27.1 Å². The molecule has 1 aliphatic heterocycles. The molecule has 104 valence electrons. The van der Waals surface area contributed by atoms with Crippen LogP contribution in [0.1, 0.15) is 19.3 Å². The summed E-state index contributed by atoms with van der Waals surface area (Å²) in [4.78, 5) is 37.6. The number of halogens is 2. The molecular formula is C13H10Br2N2O3. The van der Waals surface area contributed by atoms with Gasteiger partial charge in [-0.1, -0.05) is 22.4 Å². The van der Waals surface area contributed by atoms with E-state index in [-0.39, 0.29) is 0 Å². The summed E-state index contributed by atoms with van der Waals surface area (Å²) in [7, 11) is 0. The highest BCUT2D eigenvalue weighted by Crippen LogP contribution is 2.46. The van der Waals surface area contributed by atoms with Gasteiger partial charge in [-0.15, -0.1) is 0 Å². The van der Waals surface area contributed by atoms with Crippen LogP contribution in [0.2, 0.25) is 0 Å². The van der Waals surface area contributed by atoms with Crippen LogP contribution in [0.4, 0.5) is 10.5 Å². The second kappa shape index (κ2) is 4.66. The van der Waals surface area contributed by atoms with Gasteiger partial charge in [0.05, 0.1) is 5.69 Å². The third-order valence-electron chi connectivity index (χ3n) is 3.83. The van der Waals surface area contributed by atoms with Crippen molar-refractivity contribution >= 4 is 55.4 Å². The fourth-order valence-corrected chi connectivity index (χ4v) is 3.75. The Kier molecular flexibility index (Phi) is 3.21. The Balaban J connectivity index is 2.05. The summed E-state index contributed by atoms with van der Waals surface area (Å²) in [6.45, 7) is 0. The molecule has 2 aliphatic rings. The minimum absolute atomic E-state index is 0.430. The van der Waals surface area contributed by atoms with Gasteiger partial charge in [0.25, 0.3) is 5.91 Å². The summed E-state index contributed by atoms with van der Waals surface area (Å²) < 4.78 is 1.44. The Morgan fingerprint density at radius 2 is 1.85 bits per heavy atom. The number of barbiturate groups is 1. The van der Waals surface area contributed by atoms with Crippen molar-refractivity contribution in [3.8, 4) is 0 Å². The SMILES string of the molecule is O=C1NC(=O)C2(CCC2)C(=O)N1c1ccc(Br)cc1Br. The van der Waals surface area contributed by atoms with Gasteiger partial charge >= 0.3 is 6.03 Å². The summed E-state index contributed by atoms with van der Waals surface area (Å²) in [5.41, 5.74) is -0.616. The maximum Gasteiger partial charge on any atom is 0.335 e. The predicted molar refractivity (Wildman–Crippen MR) is 79.2 cm³/mol. The van der Waals surface area contributed by atoms with Crippen molar-refractivity contribution in [2.45, 2.75) is 19.3 Å². The number of hydrogen-bond donors (Lipinski definition) is 1. The summed E-state index contributed by atoms with van der Waals surface area (Å²) in [5, 5.41) is 2.29. The van der Waals surface area contributed by atoms with Crippen molar-refractivity contribution in [2.24, 2.45) is 5.41 Å². The zero-order chi connectivity index (χ0) is 14.5. The molecule has 2 fully saturated rings. The normalized spacial score (nSPS) is 20.9. The number of imide groups is 2. The van der Waals surface area contributed by atoms with E-state index in [2.05, 4.69) is 37.2 Å². The number of urea groups is 1. The third-order valence-corrected chi connectivity index (χ3v) is 4.96. The first-order chi connectivity index (χ1) is 9.45. The van der Waals surface area contributed by atoms with E-state index >= 15 is 0 Å². The van der Waals surface area contributed by atoms with Gasteiger partial charge in [0.1, 0.15) is 5.41 Å². The largest absolute Gasteiger partial charge is 0.335 e. The van der Waals surface area contributed by atoms with Gasteiger partial charge < -0.3 is 0 Å². The van der Waals surface area contributed by atoms with Crippen LogP contribution in [0.3, 0.4) is 0 Å². The molecule has 1 heterocycles. The molecule has 1 aliphatic carbocycles. The van der Waals surface area contributed by atoms with E-state index in [0.29, 0.717) is 23.0 Å². The summed E-state index contributed by atoms with van der Waals surface area (Å²) in [6, 6.07) is 4.46. The molecular weight excluding hydrogens is 392 g/mol. The van der Waals surface area contributed by atoms with Gasteiger partial charge in [-0.3, -0.25) is 14.9 Å². The highest BCUT2D eigenvalue weighted by atomic mass is 79.9. The Hall–Kier alpha value is -1.21. The van der Waals surface area contributed by atoms with Crippen molar-refractivity contribution in [1.29, 1.82) is 0 Å². The first-order valence-electron chi connectivity index (χ1n) is 6.11. The molecule has 1 N–H and O–H groups in total. The van der Waals surface area contributed by atoms with E-state index in [4.69, 9.17) is 0 Å². The van der Waals surface area contributed by atoms with E-state index in [1.807, 2.05) is 0 Å². The quantitative estimate of drug-likeness (QED) is 0.735. The first-order valence-corrected chi connectivity index (χ1v) is 7.69. The van der Waals surface area contributed by atoms with Gasteiger partial charge in [-0.25, -0.2) is 9.69 Å². The van der Waals surface area contributed by atoms with Crippen molar-refractivity contribution < 1.29 is 14.4 Å². The van der Waals surface area contributed by atoms with Crippen molar-refractivity contribution in [1.82, 2.24) is 5.32 Å². The van der Waals surface area contributed by atoms with Gasteiger partial charge in [-0.05, 0) is 47.0 Å². The second-order valence-electron chi connectivity index (χ2n) is 4.93. The highest BCUT2D eigenvalue weighted by Gasteiger charge is 2.57. The smallest absolute Gasteiger partial charge is 0.276 e. The van der Waals surface area contributed by atoms with E-state index in [9.17, 15) is 14.4 Å². The van der Waals surface area contributed by atoms with E-state index < -0.39 is 23.3 Å². The van der Waals surface area contributed by atoms with Gasteiger partial charge in [0, 0.05) is 8.95 Å². The van der Waals surface area contributed by atoms with Crippen LogP contribution in [-0.4, -0.2) is 17.8 Å². The number of nitrogens with one attached hydrogen (secondary N) is 1. The molecule has 1 saturated carbocycles. The zero-order valence-corrected chi connectivity index (χ0v) is 13.5. The van der Waals surface area contributed by atoms with Crippen LogP contribution >= 0.6 is 31.9 Å². The maximum atomic E-state index is 12.6. The summed E-state index contributed by atoms with van der Waals surface area (Å²) in [5.74, 6) is -0.899. The topological polar surface area (TPSA) is 66.5 Å². The fraction of sp³-hybridized carbons (Fsp3) is 0.308. The second-order valence-corrected chi connectivity index (χ2v) is 6.70. The lowest BCUT2D eigenvalue weighted by Crippen LogP contribution is -2.66. The highest BCUT2D eigenvalue weighted by molar-refractivity contribution is 9.11. The Labute approximate surface area is 132 Å². The van der Waals surface area contributed by atoms with Gasteiger partial charge in [0.15, 0.2) is 0 Å². The number of carbonyl (C=O) groups excluding carboxylic acids is 3. The molecule has 1 saturated heterocycles. The molecule has 4 amide bonds. The number of nitrogens with zero attached hydrogens (tertiary/aromatic N) is 1. The fourth-order valence-electron chi connectivity index (χ4n) is 2.53. The molecule has 1 aromatic rings. The number of benzene rings is 1. The predicted octanol–water partition coefficient (Wildman–Crippen LogP) is 2.96. The molecule has 7 heteroatoms. The Morgan fingerprint density at radius 1 is 1.15 bits per heavy atom. The average molecular weight is 402 g/mol. The number of hydrogen-bond acceptors (Lipinski definition) is 3. The number of carbonyl (C=O) groups is 3. The third kappa shape index (κ3) is 1.83. The van der Waals surface area contributed by atoms with E-state index in [1.165, 1.54) is 0 Å². The Morgan fingerprint density at radius 3 is 2.40 bits per heavy atom. The minimum Gasteiger partial charge on any atom is -0.276 e. The number of amides is 4. The molecule has 0 bridgehead atoms. The van der Waals surface area contributed by atoms with Crippen LogP contribution < -0.4 is 10.2 Å². The van der Waals surface area contributed by atoms with E-state index in [1.54, 1.807) is 18.2 Å². The molecule has 1 spiro atoms. The lowest BCUT2D eigenvalue weighted by atomic mass is 9.66. The molecule has 5 nitrogen and oxygen atoms in total. The standard InChI is InChI=1S/C13H10Br2N2O3/c14-7-2-3-9(8(15)6-7)17-11(19)13(4-1-5-13)10(18)16-12(17)20/h2-3,6H,1,4-5H2,(H,16,18,20). The van der Waals surface area contributed by atoms with Crippen LogP contribution in [-0.2, 0) is 9.59 Å². The maximum absolute atomic E-state index is 12.6. The van der Waals surface area contributed by atoms with Crippen LogP contribution in [0.15, 0.2) is 27.1 Å².